The molecule has 1 saturated heterocycles. The Morgan fingerprint density at radius 2 is 1.81 bits per heavy atom. The summed E-state index contributed by atoms with van der Waals surface area (Å²) in [6, 6.07) is 0.397. The van der Waals surface area contributed by atoms with Crippen molar-refractivity contribution in [1.29, 1.82) is 0 Å². The first-order chi connectivity index (χ1) is 12.7. The van der Waals surface area contributed by atoms with Gasteiger partial charge in [0.1, 0.15) is 0 Å². The Morgan fingerprint density at radius 3 is 2.37 bits per heavy atom. The molecule has 2 aliphatic rings. The van der Waals surface area contributed by atoms with E-state index in [1.165, 1.54) is 19.3 Å². The standard InChI is InChI=1S/C17H31F3N4O2S/c1-3-13-5-4-6-15(11-13)23-16(21-2)22-12-14-7-9-24(10-8-14)27(25,26)17(18,19)20/h13-15H,3-12H2,1-2H3,(H2,21,22,23). The number of halogens is 3. The minimum absolute atomic E-state index is 0.0962. The van der Waals surface area contributed by atoms with Gasteiger partial charge in [-0.25, -0.2) is 8.42 Å². The van der Waals surface area contributed by atoms with Crippen molar-refractivity contribution in [2.45, 2.75) is 63.4 Å². The van der Waals surface area contributed by atoms with Crippen LogP contribution in [-0.2, 0) is 10.0 Å². The maximum atomic E-state index is 12.6. The van der Waals surface area contributed by atoms with Crippen molar-refractivity contribution in [2.24, 2.45) is 16.8 Å². The van der Waals surface area contributed by atoms with Crippen LogP contribution in [0.25, 0.3) is 0 Å². The SMILES string of the molecule is CCC1CCCC(NC(=NC)NCC2CCN(S(=O)(=O)C(F)(F)F)CC2)C1. The third-order valence-corrected chi connectivity index (χ3v) is 7.32. The summed E-state index contributed by atoms with van der Waals surface area (Å²) in [7, 11) is -3.51. The van der Waals surface area contributed by atoms with Crippen LogP contribution in [0.2, 0.25) is 0 Å². The summed E-state index contributed by atoms with van der Waals surface area (Å²) in [6.07, 6.45) is 6.72. The van der Waals surface area contributed by atoms with E-state index in [-0.39, 0.29) is 19.0 Å². The molecule has 0 spiro atoms. The van der Waals surface area contributed by atoms with E-state index in [1.54, 1.807) is 7.05 Å². The van der Waals surface area contributed by atoms with Crippen LogP contribution in [0.4, 0.5) is 13.2 Å². The molecular formula is C17H31F3N4O2S. The lowest BCUT2D eigenvalue weighted by molar-refractivity contribution is -0.0496. The van der Waals surface area contributed by atoms with Crippen molar-refractivity contribution < 1.29 is 21.6 Å². The highest BCUT2D eigenvalue weighted by Gasteiger charge is 2.50. The number of aliphatic imine (C=N–C) groups is 1. The zero-order chi connectivity index (χ0) is 20.1. The van der Waals surface area contributed by atoms with E-state index in [9.17, 15) is 21.6 Å². The molecule has 2 atom stereocenters. The van der Waals surface area contributed by atoms with E-state index < -0.39 is 15.5 Å². The fraction of sp³-hybridized carbons (Fsp3) is 0.941. The predicted octanol–water partition coefficient (Wildman–Crippen LogP) is 2.68. The van der Waals surface area contributed by atoms with Crippen molar-refractivity contribution >= 4 is 16.0 Å². The monoisotopic (exact) mass is 412 g/mol. The first kappa shape index (κ1) is 22.3. The maximum absolute atomic E-state index is 12.6. The van der Waals surface area contributed by atoms with E-state index in [1.807, 2.05) is 0 Å². The quantitative estimate of drug-likeness (QED) is 0.538. The van der Waals surface area contributed by atoms with Crippen LogP contribution in [0.3, 0.4) is 0 Å². The highest BCUT2D eigenvalue weighted by atomic mass is 32.2. The molecule has 158 valence electrons. The average molecular weight is 413 g/mol. The van der Waals surface area contributed by atoms with Gasteiger partial charge in [-0.05, 0) is 37.5 Å². The normalized spacial score (nSPS) is 26.8. The molecule has 1 heterocycles. The summed E-state index contributed by atoms with van der Waals surface area (Å²) in [4.78, 5) is 4.24. The highest BCUT2D eigenvalue weighted by Crippen LogP contribution is 2.30. The molecule has 2 N–H and O–H groups in total. The third-order valence-electron chi connectivity index (χ3n) is 5.69. The van der Waals surface area contributed by atoms with E-state index >= 15 is 0 Å². The van der Waals surface area contributed by atoms with Gasteiger partial charge in [0.25, 0.3) is 0 Å². The molecule has 0 amide bonds. The number of piperidine rings is 1. The summed E-state index contributed by atoms with van der Waals surface area (Å²) >= 11 is 0. The molecular weight excluding hydrogens is 381 g/mol. The third kappa shape index (κ3) is 5.97. The van der Waals surface area contributed by atoms with Crippen LogP contribution in [0.1, 0.15) is 51.9 Å². The van der Waals surface area contributed by atoms with Crippen LogP contribution in [0, 0.1) is 11.8 Å². The predicted molar refractivity (Wildman–Crippen MR) is 99.8 cm³/mol. The Bertz CT molecular complexity index is 602. The van der Waals surface area contributed by atoms with Gasteiger partial charge in [-0.1, -0.05) is 26.2 Å². The smallest absolute Gasteiger partial charge is 0.356 e. The van der Waals surface area contributed by atoms with E-state index in [0.29, 0.717) is 35.7 Å². The molecule has 2 unspecified atom stereocenters. The Labute approximate surface area is 160 Å². The average Bonchev–Trinajstić information content (AvgIpc) is 2.64. The lowest BCUT2D eigenvalue weighted by atomic mass is 9.84. The summed E-state index contributed by atoms with van der Waals surface area (Å²) in [6.45, 7) is 2.59. The maximum Gasteiger partial charge on any atom is 0.511 e. The van der Waals surface area contributed by atoms with Crippen molar-refractivity contribution in [2.75, 3.05) is 26.7 Å². The molecule has 0 radical (unpaired) electrons. The topological polar surface area (TPSA) is 73.8 Å². The highest BCUT2D eigenvalue weighted by molar-refractivity contribution is 7.90. The van der Waals surface area contributed by atoms with Gasteiger partial charge in [-0.15, -0.1) is 0 Å². The molecule has 1 saturated carbocycles. The van der Waals surface area contributed by atoms with Gasteiger partial charge in [-0.2, -0.15) is 17.5 Å². The largest absolute Gasteiger partial charge is 0.511 e. The minimum atomic E-state index is -5.22. The summed E-state index contributed by atoms with van der Waals surface area (Å²) in [5.74, 6) is 1.58. The molecule has 2 fully saturated rings. The van der Waals surface area contributed by atoms with Crippen LogP contribution in [-0.4, -0.2) is 56.9 Å². The van der Waals surface area contributed by atoms with Gasteiger partial charge in [0.15, 0.2) is 5.96 Å². The molecule has 1 aliphatic carbocycles. The first-order valence-electron chi connectivity index (χ1n) is 9.71. The number of rotatable bonds is 5. The lowest BCUT2D eigenvalue weighted by Crippen LogP contribution is -2.49. The summed E-state index contributed by atoms with van der Waals surface area (Å²) in [5.41, 5.74) is -5.22. The van der Waals surface area contributed by atoms with Crippen molar-refractivity contribution in [3.63, 3.8) is 0 Å². The molecule has 1 aliphatic heterocycles. The molecule has 6 nitrogen and oxygen atoms in total. The lowest BCUT2D eigenvalue weighted by Gasteiger charge is -2.33. The molecule has 2 rings (SSSR count). The fourth-order valence-corrected chi connectivity index (χ4v) is 4.91. The van der Waals surface area contributed by atoms with E-state index in [2.05, 4.69) is 22.5 Å². The Hall–Kier alpha value is -1.03. The van der Waals surface area contributed by atoms with Crippen LogP contribution < -0.4 is 10.6 Å². The van der Waals surface area contributed by atoms with E-state index in [4.69, 9.17) is 0 Å². The van der Waals surface area contributed by atoms with Gasteiger partial charge < -0.3 is 10.6 Å². The van der Waals surface area contributed by atoms with Crippen LogP contribution >= 0.6 is 0 Å². The molecule has 27 heavy (non-hydrogen) atoms. The number of sulfonamides is 1. The molecule has 10 heteroatoms. The summed E-state index contributed by atoms with van der Waals surface area (Å²) in [5, 5.41) is 6.70. The van der Waals surface area contributed by atoms with Gasteiger partial charge >= 0.3 is 15.5 Å². The zero-order valence-corrected chi connectivity index (χ0v) is 16.9. The Balaban J connectivity index is 1.77. The zero-order valence-electron chi connectivity index (χ0n) is 16.1. The Morgan fingerprint density at radius 1 is 1.15 bits per heavy atom. The van der Waals surface area contributed by atoms with Gasteiger partial charge in [0, 0.05) is 32.7 Å². The molecule has 0 bridgehead atoms. The van der Waals surface area contributed by atoms with Gasteiger partial charge in [0.2, 0.25) is 0 Å². The molecule has 0 aromatic rings. The second kappa shape index (κ2) is 9.45. The summed E-state index contributed by atoms with van der Waals surface area (Å²) < 4.78 is 61.3. The van der Waals surface area contributed by atoms with Crippen molar-refractivity contribution in [1.82, 2.24) is 14.9 Å². The fourth-order valence-electron chi connectivity index (χ4n) is 3.92. The Kier molecular flexibility index (Phi) is 7.79. The number of alkyl halides is 3. The van der Waals surface area contributed by atoms with Crippen LogP contribution in [0.5, 0.6) is 0 Å². The number of hydrogen-bond donors (Lipinski definition) is 2. The van der Waals surface area contributed by atoms with Crippen molar-refractivity contribution in [3.8, 4) is 0 Å². The van der Waals surface area contributed by atoms with Crippen LogP contribution in [0.15, 0.2) is 4.99 Å². The molecule has 0 aromatic carbocycles. The number of guanidine groups is 1. The second-order valence-electron chi connectivity index (χ2n) is 7.53. The molecule has 0 aromatic heterocycles. The van der Waals surface area contributed by atoms with E-state index in [0.717, 1.165) is 18.8 Å². The van der Waals surface area contributed by atoms with Gasteiger partial charge in [-0.3, -0.25) is 4.99 Å². The number of hydrogen-bond acceptors (Lipinski definition) is 3. The van der Waals surface area contributed by atoms with Gasteiger partial charge in [0.05, 0.1) is 0 Å². The second-order valence-corrected chi connectivity index (χ2v) is 9.46. The minimum Gasteiger partial charge on any atom is -0.356 e. The first-order valence-corrected chi connectivity index (χ1v) is 11.1. The van der Waals surface area contributed by atoms with Crippen molar-refractivity contribution in [3.05, 3.63) is 0 Å². The number of nitrogens with one attached hydrogen (secondary N) is 2. The number of nitrogens with zero attached hydrogens (tertiary/aromatic N) is 2.